The normalized spacial score (nSPS) is 14.3. The van der Waals surface area contributed by atoms with Gasteiger partial charge in [-0.3, -0.25) is 14.6 Å². The Morgan fingerprint density at radius 1 is 1.12 bits per heavy atom. The van der Waals surface area contributed by atoms with Crippen LogP contribution in [0.4, 0.5) is 5.69 Å². The van der Waals surface area contributed by atoms with Crippen molar-refractivity contribution in [3.8, 4) is 0 Å². The number of hydrogen-bond donors (Lipinski definition) is 2. The summed E-state index contributed by atoms with van der Waals surface area (Å²) >= 11 is 0. The maximum atomic E-state index is 12.2. The molecule has 1 aliphatic carbocycles. The third-order valence-electron chi connectivity index (χ3n) is 4.61. The standard InChI is InChI=1S/C20H23N3O2/c1-2-18(16-10-9-14-6-3-4-7-15(14)12-16)23-20(25)19(24)22-17-8-5-11-21-13-17/h5,8-13,18H,2-4,6-7H2,1H3,(H,22,24)(H,23,25). The summed E-state index contributed by atoms with van der Waals surface area (Å²) in [6, 6.07) is 9.64. The van der Waals surface area contributed by atoms with Crippen molar-refractivity contribution in [2.24, 2.45) is 0 Å². The highest BCUT2D eigenvalue weighted by Gasteiger charge is 2.20. The number of fused-ring (bicyclic) bond motifs is 1. The molecular formula is C20H23N3O2. The van der Waals surface area contributed by atoms with Gasteiger partial charge in [0.1, 0.15) is 0 Å². The lowest BCUT2D eigenvalue weighted by atomic mass is 9.89. The van der Waals surface area contributed by atoms with Crippen LogP contribution in [0.25, 0.3) is 0 Å². The summed E-state index contributed by atoms with van der Waals surface area (Å²) in [4.78, 5) is 28.2. The van der Waals surface area contributed by atoms with E-state index >= 15 is 0 Å². The third kappa shape index (κ3) is 4.24. The van der Waals surface area contributed by atoms with Gasteiger partial charge in [-0.05, 0) is 60.9 Å². The molecule has 5 heteroatoms. The number of nitrogens with zero attached hydrogens (tertiary/aromatic N) is 1. The van der Waals surface area contributed by atoms with Crippen molar-refractivity contribution in [3.63, 3.8) is 0 Å². The second kappa shape index (κ2) is 7.92. The lowest BCUT2D eigenvalue weighted by molar-refractivity contribution is -0.136. The molecule has 1 atom stereocenters. The Morgan fingerprint density at radius 2 is 1.92 bits per heavy atom. The minimum atomic E-state index is -0.676. The van der Waals surface area contributed by atoms with E-state index in [2.05, 4.69) is 33.8 Å². The zero-order chi connectivity index (χ0) is 17.6. The van der Waals surface area contributed by atoms with Gasteiger partial charge in [0.05, 0.1) is 17.9 Å². The van der Waals surface area contributed by atoms with Crippen LogP contribution in [0, 0.1) is 0 Å². The van der Waals surface area contributed by atoms with E-state index in [0.717, 1.165) is 24.8 Å². The van der Waals surface area contributed by atoms with Crippen LogP contribution in [0.1, 0.15) is 48.9 Å². The van der Waals surface area contributed by atoms with Gasteiger partial charge in [0, 0.05) is 6.20 Å². The molecule has 2 N–H and O–H groups in total. The van der Waals surface area contributed by atoms with E-state index < -0.39 is 11.8 Å². The number of rotatable bonds is 4. The lowest BCUT2D eigenvalue weighted by Crippen LogP contribution is -2.37. The van der Waals surface area contributed by atoms with Crippen molar-refractivity contribution in [1.29, 1.82) is 0 Å². The molecule has 5 nitrogen and oxygen atoms in total. The van der Waals surface area contributed by atoms with Gasteiger partial charge in [0.25, 0.3) is 0 Å². The highest BCUT2D eigenvalue weighted by molar-refractivity contribution is 6.39. The van der Waals surface area contributed by atoms with Crippen LogP contribution < -0.4 is 10.6 Å². The predicted octanol–water partition coefficient (Wildman–Crippen LogP) is 3.17. The van der Waals surface area contributed by atoms with Crippen molar-refractivity contribution in [1.82, 2.24) is 10.3 Å². The molecule has 3 rings (SSSR count). The van der Waals surface area contributed by atoms with Crippen molar-refractivity contribution in [2.45, 2.75) is 45.1 Å². The van der Waals surface area contributed by atoms with Crippen molar-refractivity contribution in [2.75, 3.05) is 5.32 Å². The Hall–Kier alpha value is -2.69. The maximum absolute atomic E-state index is 12.2. The molecule has 1 aromatic carbocycles. The Labute approximate surface area is 147 Å². The number of aryl methyl sites for hydroxylation is 2. The molecule has 2 aromatic rings. The van der Waals surface area contributed by atoms with Crippen LogP contribution in [0.5, 0.6) is 0 Å². The second-order valence-corrected chi connectivity index (χ2v) is 6.37. The van der Waals surface area contributed by atoms with E-state index in [1.165, 1.54) is 30.2 Å². The monoisotopic (exact) mass is 337 g/mol. The average Bonchev–Trinajstić information content (AvgIpc) is 2.66. The fourth-order valence-corrected chi connectivity index (χ4v) is 3.24. The van der Waals surface area contributed by atoms with Gasteiger partial charge in [0.2, 0.25) is 0 Å². The summed E-state index contributed by atoms with van der Waals surface area (Å²) < 4.78 is 0. The first-order valence-corrected chi connectivity index (χ1v) is 8.81. The molecule has 0 aliphatic heterocycles. The van der Waals surface area contributed by atoms with Crippen molar-refractivity contribution < 1.29 is 9.59 Å². The zero-order valence-electron chi connectivity index (χ0n) is 14.4. The number of anilines is 1. The summed E-state index contributed by atoms with van der Waals surface area (Å²) in [5.74, 6) is -1.31. The van der Waals surface area contributed by atoms with Gasteiger partial charge in [-0.15, -0.1) is 0 Å². The number of hydrogen-bond acceptors (Lipinski definition) is 3. The first-order valence-electron chi connectivity index (χ1n) is 8.81. The van der Waals surface area contributed by atoms with Crippen LogP contribution in [0.15, 0.2) is 42.7 Å². The number of carbonyl (C=O) groups excluding carboxylic acids is 2. The number of nitrogens with one attached hydrogen (secondary N) is 2. The van der Waals surface area contributed by atoms with E-state index in [1.807, 2.05) is 6.92 Å². The van der Waals surface area contributed by atoms with Crippen LogP contribution >= 0.6 is 0 Å². The van der Waals surface area contributed by atoms with E-state index in [9.17, 15) is 9.59 Å². The molecule has 0 fully saturated rings. The van der Waals surface area contributed by atoms with Crippen LogP contribution in [0.2, 0.25) is 0 Å². The largest absolute Gasteiger partial charge is 0.341 e. The molecule has 1 aromatic heterocycles. The molecule has 0 radical (unpaired) electrons. The minimum absolute atomic E-state index is 0.167. The average molecular weight is 337 g/mol. The van der Waals surface area contributed by atoms with E-state index in [4.69, 9.17) is 0 Å². The van der Waals surface area contributed by atoms with E-state index in [1.54, 1.807) is 18.3 Å². The molecule has 1 heterocycles. The minimum Gasteiger partial charge on any atom is -0.341 e. The fourth-order valence-electron chi connectivity index (χ4n) is 3.24. The predicted molar refractivity (Wildman–Crippen MR) is 97.1 cm³/mol. The molecule has 1 aliphatic rings. The van der Waals surface area contributed by atoms with Gasteiger partial charge in [-0.25, -0.2) is 0 Å². The molecular weight excluding hydrogens is 314 g/mol. The number of pyridine rings is 1. The van der Waals surface area contributed by atoms with Crippen LogP contribution in [0.3, 0.4) is 0 Å². The first kappa shape index (κ1) is 17.1. The number of carbonyl (C=O) groups is 2. The third-order valence-corrected chi connectivity index (χ3v) is 4.61. The Morgan fingerprint density at radius 3 is 2.64 bits per heavy atom. The quantitative estimate of drug-likeness (QED) is 0.842. The molecule has 0 bridgehead atoms. The van der Waals surface area contributed by atoms with Gasteiger partial charge >= 0.3 is 11.8 Å². The molecule has 0 saturated carbocycles. The van der Waals surface area contributed by atoms with E-state index in [0.29, 0.717) is 5.69 Å². The molecule has 2 amide bonds. The number of amides is 2. The maximum Gasteiger partial charge on any atom is 0.313 e. The Bertz CT molecular complexity index is 759. The Balaban J connectivity index is 1.67. The van der Waals surface area contributed by atoms with Gasteiger partial charge in [-0.1, -0.05) is 25.1 Å². The second-order valence-electron chi connectivity index (χ2n) is 6.37. The highest BCUT2D eigenvalue weighted by Crippen LogP contribution is 2.26. The van der Waals surface area contributed by atoms with Crippen LogP contribution in [-0.4, -0.2) is 16.8 Å². The molecule has 130 valence electrons. The smallest absolute Gasteiger partial charge is 0.313 e. The molecule has 0 spiro atoms. The van der Waals surface area contributed by atoms with Crippen molar-refractivity contribution in [3.05, 3.63) is 59.4 Å². The molecule has 0 saturated heterocycles. The molecule has 1 unspecified atom stereocenters. The first-order chi connectivity index (χ1) is 12.2. The fraction of sp³-hybridized carbons (Fsp3) is 0.350. The van der Waals surface area contributed by atoms with Crippen LogP contribution in [-0.2, 0) is 22.4 Å². The Kier molecular flexibility index (Phi) is 5.43. The SMILES string of the molecule is CCC(NC(=O)C(=O)Nc1cccnc1)c1ccc2c(c1)CCCC2. The topological polar surface area (TPSA) is 71.1 Å². The number of benzene rings is 1. The molecule has 25 heavy (non-hydrogen) atoms. The van der Waals surface area contributed by atoms with Gasteiger partial charge in [0.15, 0.2) is 0 Å². The summed E-state index contributed by atoms with van der Waals surface area (Å²) in [5, 5.41) is 5.40. The summed E-state index contributed by atoms with van der Waals surface area (Å²) in [6.07, 6.45) is 8.53. The number of aromatic nitrogens is 1. The van der Waals surface area contributed by atoms with Gasteiger partial charge < -0.3 is 10.6 Å². The summed E-state index contributed by atoms with van der Waals surface area (Å²) in [7, 11) is 0. The highest BCUT2D eigenvalue weighted by atomic mass is 16.2. The summed E-state index contributed by atoms with van der Waals surface area (Å²) in [5.41, 5.74) is 4.34. The van der Waals surface area contributed by atoms with E-state index in [-0.39, 0.29) is 6.04 Å². The zero-order valence-corrected chi connectivity index (χ0v) is 14.4. The van der Waals surface area contributed by atoms with Crippen molar-refractivity contribution >= 4 is 17.5 Å². The van der Waals surface area contributed by atoms with Gasteiger partial charge in [-0.2, -0.15) is 0 Å². The lowest BCUT2D eigenvalue weighted by Gasteiger charge is -2.21. The summed E-state index contributed by atoms with van der Waals surface area (Å²) in [6.45, 7) is 2.00.